The fourth-order valence-corrected chi connectivity index (χ4v) is 0.733. The molecule has 0 aromatic carbocycles. The Labute approximate surface area is 79.0 Å². The van der Waals surface area contributed by atoms with Crippen LogP contribution in [0.3, 0.4) is 0 Å². The first-order valence-corrected chi connectivity index (χ1v) is 4.31. The second kappa shape index (κ2) is 6.28. The van der Waals surface area contributed by atoms with Crippen LogP contribution in [0.2, 0.25) is 0 Å². The fraction of sp³-hybridized carbons (Fsp3) is 0.750. The van der Waals surface area contributed by atoms with Crippen LogP contribution in [0, 0.1) is 0 Å². The number of aliphatic imine (C=N–C) groups is 1. The lowest BCUT2D eigenvalue weighted by atomic mass is 10.4. The largest absolute Gasteiger partial charge is 0.370 e. The van der Waals surface area contributed by atoms with Gasteiger partial charge in [-0.15, -0.1) is 0 Å². The summed E-state index contributed by atoms with van der Waals surface area (Å²) in [4.78, 5) is 16.6. The van der Waals surface area contributed by atoms with Crippen LogP contribution in [0.15, 0.2) is 4.99 Å². The minimum absolute atomic E-state index is 0.0630. The highest BCUT2D eigenvalue weighted by molar-refractivity contribution is 5.79. The summed E-state index contributed by atoms with van der Waals surface area (Å²) in [5.41, 5.74) is 5.46. The first-order valence-electron chi connectivity index (χ1n) is 4.31. The molecule has 1 amide bonds. The monoisotopic (exact) mass is 186 g/mol. The maximum Gasteiger partial charge on any atom is 0.223 e. The van der Waals surface area contributed by atoms with E-state index in [1.165, 1.54) is 0 Å². The van der Waals surface area contributed by atoms with Crippen molar-refractivity contribution in [2.75, 3.05) is 27.2 Å². The Morgan fingerprint density at radius 3 is 2.62 bits per heavy atom. The number of nitrogens with one attached hydrogen (secondary N) is 1. The van der Waals surface area contributed by atoms with E-state index in [2.05, 4.69) is 10.3 Å². The van der Waals surface area contributed by atoms with Crippen LogP contribution < -0.4 is 11.1 Å². The van der Waals surface area contributed by atoms with E-state index in [1.54, 1.807) is 19.0 Å². The smallest absolute Gasteiger partial charge is 0.223 e. The number of hydrogen-bond acceptors (Lipinski definition) is 2. The summed E-state index contributed by atoms with van der Waals surface area (Å²) in [7, 11) is 3.44. The highest BCUT2D eigenvalue weighted by atomic mass is 16.2. The highest BCUT2D eigenvalue weighted by Crippen LogP contribution is 1.87. The zero-order valence-electron chi connectivity index (χ0n) is 8.50. The summed E-state index contributed by atoms with van der Waals surface area (Å²) >= 11 is 0. The molecule has 0 radical (unpaired) electrons. The molecule has 0 aliphatic rings. The van der Waals surface area contributed by atoms with E-state index in [4.69, 9.17) is 5.73 Å². The van der Waals surface area contributed by atoms with Crippen molar-refractivity contribution in [1.29, 1.82) is 0 Å². The third kappa shape index (κ3) is 5.95. The Bertz CT molecular complexity index is 189. The molecule has 13 heavy (non-hydrogen) atoms. The second-order valence-corrected chi connectivity index (χ2v) is 2.84. The zero-order valence-corrected chi connectivity index (χ0v) is 8.50. The third-order valence-electron chi connectivity index (χ3n) is 1.46. The number of rotatable bonds is 4. The van der Waals surface area contributed by atoms with Gasteiger partial charge in [0.2, 0.25) is 5.91 Å². The summed E-state index contributed by atoms with van der Waals surface area (Å²) < 4.78 is 0. The molecule has 0 spiro atoms. The van der Waals surface area contributed by atoms with Crippen LogP contribution >= 0.6 is 0 Å². The van der Waals surface area contributed by atoms with Crippen LogP contribution in [0.5, 0.6) is 0 Å². The Morgan fingerprint density at radius 2 is 2.15 bits per heavy atom. The van der Waals surface area contributed by atoms with E-state index >= 15 is 0 Å². The molecule has 0 atom stereocenters. The van der Waals surface area contributed by atoms with Crippen LogP contribution in [-0.2, 0) is 4.79 Å². The van der Waals surface area contributed by atoms with E-state index in [1.807, 2.05) is 6.92 Å². The molecule has 5 nitrogen and oxygen atoms in total. The van der Waals surface area contributed by atoms with Crippen molar-refractivity contribution in [2.45, 2.75) is 13.3 Å². The minimum atomic E-state index is 0.0630. The number of amides is 1. The van der Waals surface area contributed by atoms with Crippen molar-refractivity contribution in [1.82, 2.24) is 10.2 Å². The quantitative estimate of drug-likeness (QED) is 0.454. The Hall–Kier alpha value is -1.26. The van der Waals surface area contributed by atoms with Gasteiger partial charge in [-0.05, 0) is 6.92 Å². The van der Waals surface area contributed by atoms with Gasteiger partial charge >= 0.3 is 0 Å². The van der Waals surface area contributed by atoms with Crippen molar-refractivity contribution in [3.05, 3.63) is 0 Å². The number of hydrogen-bond donors (Lipinski definition) is 2. The minimum Gasteiger partial charge on any atom is -0.370 e. The van der Waals surface area contributed by atoms with E-state index < -0.39 is 0 Å². The summed E-state index contributed by atoms with van der Waals surface area (Å²) in [6.45, 7) is 3.13. The number of nitrogens with two attached hydrogens (primary N) is 1. The maximum absolute atomic E-state index is 11.1. The lowest BCUT2D eigenvalue weighted by molar-refractivity contribution is -0.128. The third-order valence-corrected chi connectivity index (χ3v) is 1.46. The summed E-state index contributed by atoms with van der Waals surface area (Å²) in [5.74, 6) is 0.460. The van der Waals surface area contributed by atoms with Crippen molar-refractivity contribution >= 4 is 11.9 Å². The molecule has 3 N–H and O–H groups in total. The molecule has 5 heteroatoms. The molecule has 0 unspecified atom stereocenters. The van der Waals surface area contributed by atoms with E-state index in [9.17, 15) is 4.79 Å². The SMILES string of the molecule is CCNC(N)=NCCC(=O)N(C)C. The number of guanidine groups is 1. The standard InChI is InChI=1S/C8H18N4O/c1-4-10-8(9)11-6-5-7(13)12(2)3/h4-6H2,1-3H3,(H3,9,10,11). The summed E-state index contributed by atoms with van der Waals surface area (Å²) in [6.07, 6.45) is 0.402. The van der Waals surface area contributed by atoms with Crippen LogP contribution in [0.4, 0.5) is 0 Å². The van der Waals surface area contributed by atoms with E-state index in [0.717, 1.165) is 6.54 Å². The van der Waals surface area contributed by atoms with Gasteiger partial charge in [0.1, 0.15) is 0 Å². The van der Waals surface area contributed by atoms with E-state index in [0.29, 0.717) is 18.9 Å². The van der Waals surface area contributed by atoms with E-state index in [-0.39, 0.29) is 5.91 Å². The molecule has 0 heterocycles. The fourth-order valence-electron chi connectivity index (χ4n) is 0.733. The molecule has 0 saturated carbocycles. The van der Waals surface area contributed by atoms with Gasteiger partial charge in [0, 0.05) is 27.1 Å². The van der Waals surface area contributed by atoms with Crippen molar-refractivity contribution in [2.24, 2.45) is 10.7 Å². The van der Waals surface area contributed by atoms with Crippen molar-refractivity contribution in [3.8, 4) is 0 Å². The predicted molar refractivity (Wildman–Crippen MR) is 53.5 cm³/mol. The van der Waals surface area contributed by atoms with Gasteiger partial charge in [0.25, 0.3) is 0 Å². The number of carbonyl (C=O) groups excluding carboxylic acids is 1. The predicted octanol–water partition coefficient (Wildman–Crippen LogP) is -0.611. The van der Waals surface area contributed by atoms with Gasteiger partial charge in [-0.3, -0.25) is 9.79 Å². The summed E-state index contributed by atoms with van der Waals surface area (Å²) in [5, 5.41) is 2.85. The van der Waals surface area contributed by atoms with Crippen molar-refractivity contribution < 1.29 is 4.79 Å². The average Bonchev–Trinajstić information content (AvgIpc) is 2.04. The first-order chi connectivity index (χ1) is 6.07. The Kier molecular flexibility index (Phi) is 5.67. The molecule has 0 aromatic rings. The van der Waals surface area contributed by atoms with Gasteiger partial charge in [-0.25, -0.2) is 0 Å². The topological polar surface area (TPSA) is 70.7 Å². The van der Waals surface area contributed by atoms with Gasteiger partial charge in [-0.1, -0.05) is 0 Å². The molecule has 0 rings (SSSR count). The van der Waals surface area contributed by atoms with Crippen LogP contribution in [-0.4, -0.2) is 44.0 Å². The van der Waals surface area contributed by atoms with Gasteiger partial charge in [-0.2, -0.15) is 0 Å². The average molecular weight is 186 g/mol. The molecule has 0 fully saturated rings. The molecule has 0 bridgehead atoms. The van der Waals surface area contributed by atoms with Gasteiger partial charge < -0.3 is 16.0 Å². The van der Waals surface area contributed by atoms with Crippen molar-refractivity contribution in [3.63, 3.8) is 0 Å². The highest BCUT2D eigenvalue weighted by Gasteiger charge is 2.01. The number of carbonyl (C=O) groups is 1. The molecular formula is C8H18N4O. The molecule has 0 saturated heterocycles. The molecule has 0 aromatic heterocycles. The number of nitrogens with zero attached hydrogens (tertiary/aromatic N) is 2. The lowest BCUT2D eigenvalue weighted by Crippen LogP contribution is -2.31. The normalized spacial score (nSPS) is 11.2. The van der Waals surface area contributed by atoms with Crippen LogP contribution in [0.25, 0.3) is 0 Å². The Morgan fingerprint density at radius 1 is 1.54 bits per heavy atom. The first kappa shape index (κ1) is 11.7. The molecule has 76 valence electrons. The molecule has 0 aliphatic carbocycles. The lowest BCUT2D eigenvalue weighted by Gasteiger charge is -2.08. The van der Waals surface area contributed by atoms with Crippen LogP contribution in [0.1, 0.15) is 13.3 Å². The van der Waals surface area contributed by atoms with Gasteiger partial charge in [0.15, 0.2) is 5.96 Å². The zero-order chi connectivity index (χ0) is 10.3. The molecule has 0 aliphatic heterocycles. The second-order valence-electron chi connectivity index (χ2n) is 2.84. The Balaban J connectivity index is 3.65. The summed E-state index contributed by atoms with van der Waals surface area (Å²) in [6, 6.07) is 0. The maximum atomic E-state index is 11.1. The molecular weight excluding hydrogens is 168 g/mol. The van der Waals surface area contributed by atoms with Gasteiger partial charge in [0.05, 0.1) is 6.54 Å².